The molecule has 0 heterocycles. The minimum atomic E-state index is -4.18. The van der Waals surface area contributed by atoms with Crippen molar-refractivity contribution in [3.05, 3.63) is 23.8 Å². The summed E-state index contributed by atoms with van der Waals surface area (Å²) in [6, 6.07) is 3.54. The normalized spacial score (nSPS) is 10.5. The van der Waals surface area contributed by atoms with Crippen LogP contribution in [0.1, 0.15) is 10.4 Å². The van der Waals surface area contributed by atoms with Gasteiger partial charge in [0.1, 0.15) is 11.3 Å². The maximum atomic E-state index is 11.5. The van der Waals surface area contributed by atoms with E-state index in [-0.39, 0.29) is 17.0 Å². The number of hydrogen-bond donors (Lipinski definition) is 3. The van der Waals surface area contributed by atoms with Crippen molar-refractivity contribution in [2.45, 2.75) is 0 Å². The average molecular weight is 304 g/mol. The third-order valence-corrected chi connectivity index (χ3v) is 3.03. The van der Waals surface area contributed by atoms with Crippen molar-refractivity contribution >= 4 is 28.0 Å². The summed E-state index contributed by atoms with van der Waals surface area (Å²) in [5.74, 6) is -1.25. The Balaban J connectivity index is 2.99. The Bertz CT molecular complexity index is 626. The van der Waals surface area contributed by atoms with Gasteiger partial charge in [0.2, 0.25) is 0 Å². The van der Waals surface area contributed by atoms with Crippen LogP contribution >= 0.6 is 0 Å². The second-order valence-corrected chi connectivity index (χ2v) is 4.83. The first-order chi connectivity index (χ1) is 9.29. The van der Waals surface area contributed by atoms with Gasteiger partial charge in [-0.2, -0.15) is 8.42 Å². The summed E-state index contributed by atoms with van der Waals surface area (Å²) in [5, 5.41) is 8.88. The highest BCUT2D eigenvalue weighted by molar-refractivity contribution is 7.91. The highest BCUT2D eigenvalue weighted by Gasteiger charge is 2.17. The molecule has 0 aliphatic carbocycles. The number of carbonyl (C=O) groups excluding carboxylic acids is 1. The van der Waals surface area contributed by atoms with Gasteiger partial charge in [-0.15, -0.1) is 0 Å². The fourth-order valence-electron chi connectivity index (χ4n) is 1.26. The van der Waals surface area contributed by atoms with Gasteiger partial charge in [-0.05, 0) is 12.1 Å². The summed E-state index contributed by atoms with van der Waals surface area (Å²) in [5.41, 5.74) is -0.111. The van der Waals surface area contributed by atoms with E-state index in [0.717, 1.165) is 13.2 Å². The molecule has 9 nitrogen and oxygen atoms in total. The lowest BCUT2D eigenvalue weighted by atomic mass is 10.2. The zero-order valence-corrected chi connectivity index (χ0v) is 11.4. The van der Waals surface area contributed by atoms with Gasteiger partial charge in [0, 0.05) is 6.07 Å². The first-order valence-corrected chi connectivity index (χ1v) is 6.57. The van der Waals surface area contributed by atoms with Crippen molar-refractivity contribution in [2.75, 3.05) is 18.9 Å². The molecule has 0 aliphatic rings. The molecule has 3 N–H and O–H groups in total. The van der Waals surface area contributed by atoms with E-state index in [0.29, 0.717) is 0 Å². The van der Waals surface area contributed by atoms with E-state index < -0.39 is 22.3 Å². The number of methoxy groups -OCH3 is 2. The van der Waals surface area contributed by atoms with E-state index in [9.17, 15) is 18.0 Å². The zero-order valence-electron chi connectivity index (χ0n) is 10.5. The maximum absolute atomic E-state index is 11.5. The summed E-state index contributed by atoms with van der Waals surface area (Å²) in [6.45, 7) is 0. The third kappa shape index (κ3) is 4.02. The summed E-state index contributed by atoms with van der Waals surface area (Å²) >= 11 is 0. The van der Waals surface area contributed by atoms with Gasteiger partial charge in [0.05, 0.1) is 19.9 Å². The fraction of sp³-hybridized carbons (Fsp3) is 0.200. The van der Waals surface area contributed by atoms with Crippen LogP contribution in [0.5, 0.6) is 5.75 Å². The molecule has 110 valence electrons. The van der Waals surface area contributed by atoms with Crippen LogP contribution in [0, 0.1) is 0 Å². The largest absolute Gasteiger partial charge is 0.496 e. The van der Waals surface area contributed by atoms with Gasteiger partial charge in [-0.3, -0.25) is 4.72 Å². The fourth-order valence-corrected chi connectivity index (χ4v) is 2.05. The van der Waals surface area contributed by atoms with Gasteiger partial charge >= 0.3 is 22.3 Å². The number of nitrogens with one attached hydrogen (secondary N) is 2. The Kier molecular flexibility index (Phi) is 4.75. The van der Waals surface area contributed by atoms with Crippen molar-refractivity contribution in [1.82, 2.24) is 4.72 Å². The van der Waals surface area contributed by atoms with Crippen molar-refractivity contribution in [3.63, 3.8) is 0 Å². The monoisotopic (exact) mass is 304 g/mol. The smallest absolute Gasteiger partial charge is 0.422 e. The average Bonchev–Trinajstić information content (AvgIpc) is 2.36. The highest BCUT2D eigenvalue weighted by atomic mass is 32.2. The van der Waals surface area contributed by atoms with Crippen molar-refractivity contribution < 1.29 is 32.6 Å². The second-order valence-electron chi connectivity index (χ2n) is 3.42. The molecule has 1 rings (SSSR count). The van der Waals surface area contributed by atoms with Crippen LogP contribution in [0.15, 0.2) is 18.2 Å². The van der Waals surface area contributed by atoms with Gasteiger partial charge in [0.25, 0.3) is 0 Å². The second kappa shape index (κ2) is 6.10. The molecule has 1 aromatic carbocycles. The molecule has 0 saturated heterocycles. The van der Waals surface area contributed by atoms with Crippen LogP contribution in [-0.2, 0) is 14.9 Å². The molecule has 0 saturated carbocycles. The van der Waals surface area contributed by atoms with E-state index in [2.05, 4.69) is 4.74 Å². The molecule has 0 spiro atoms. The van der Waals surface area contributed by atoms with E-state index in [4.69, 9.17) is 9.84 Å². The van der Waals surface area contributed by atoms with E-state index >= 15 is 0 Å². The summed E-state index contributed by atoms with van der Waals surface area (Å²) in [7, 11) is -1.93. The molecule has 0 aromatic heterocycles. The molecule has 0 atom stereocenters. The number of rotatable bonds is 5. The maximum Gasteiger partial charge on any atom is 0.422 e. The minimum absolute atomic E-state index is 0.0169. The lowest BCUT2D eigenvalue weighted by Gasteiger charge is -2.11. The van der Waals surface area contributed by atoms with E-state index in [1.54, 1.807) is 4.72 Å². The Morgan fingerprint density at radius 3 is 2.40 bits per heavy atom. The molecule has 0 bridgehead atoms. The van der Waals surface area contributed by atoms with Crippen LogP contribution in [-0.4, -0.2) is 39.8 Å². The molecule has 1 amide bonds. The van der Waals surface area contributed by atoms with Crippen LogP contribution in [0.3, 0.4) is 0 Å². The Morgan fingerprint density at radius 1 is 1.25 bits per heavy atom. The molecule has 0 unspecified atom stereocenters. The van der Waals surface area contributed by atoms with Gasteiger partial charge in [-0.25, -0.2) is 14.3 Å². The van der Waals surface area contributed by atoms with Crippen LogP contribution in [0.25, 0.3) is 0 Å². The topological polar surface area (TPSA) is 131 Å². The van der Waals surface area contributed by atoms with Gasteiger partial charge in [-0.1, -0.05) is 0 Å². The SMILES string of the molecule is COC(=O)NS(=O)(=O)Nc1ccc(C(=O)O)c(OC)c1. The first kappa shape index (κ1) is 15.6. The molecule has 0 radical (unpaired) electrons. The standard InChI is InChI=1S/C10H12N2O7S/c1-18-8-5-6(3-4-7(8)9(13)14)11-20(16,17)12-10(15)19-2/h3-5,11H,1-2H3,(H,12,15)(H,13,14). The van der Waals surface area contributed by atoms with Gasteiger partial charge < -0.3 is 14.6 Å². The van der Waals surface area contributed by atoms with Crippen molar-refractivity contribution in [1.29, 1.82) is 0 Å². The molecular formula is C10H12N2O7S. The Labute approximate surface area is 114 Å². The van der Waals surface area contributed by atoms with Gasteiger partial charge in [0.15, 0.2) is 0 Å². The van der Waals surface area contributed by atoms with Crippen molar-refractivity contribution in [2.24, 2.45) is 0 Å². The van der Waals surface area contributed by atoms with Crippen LogP contribution < -0.4 is 14.2 Å². The first-order valence-electron chi connectivity index (χ1n) is 5.09. The quantitative estimate of drug-likeness (QED) is 0.717. The minimum Gasteiger partial charge on any atom is -0.496 e. The number of amides is 1. The number of benzene rings is 1. The number of carboxylic acid groups (broad SMARTS) is 1. The highest BCUT2D eigenvalue weighted by Crippen LogP contribution is 2.23. The Morgan fingerprint density at radius 2 is 1.90 bits per heavy atom. The van der Waals surface area contributed by atoms with Crippen LogP contribution in [0.2, 0.25) is 0 Å². The molecule has 10 heteroatoms. The third-order valence-electron chi connectivity index (χ3n) is 2.09. The number of hydrogen-bond acceptors (Lipinski definition) is 6. The summed E-state index contributed by atoms with van der Waals surface area (Å²) < 4.78 is 35.6. The predicted molar refractivity (Wildman–Crippen MR) is 68.0 cm³/mol. The van der Waals surface area contributed by atoms with E-state index in [1.807, 2.05) is 4.72 Å². The Hall–Kier alpha value is -2.49. The number of aromatic carboxylic acids is 1. The molecule has 0 aliphatic heterocycles. The number of carboxylic acids is 1. The molecular weight excluding hydrogens is 292 g/mol. The number of ether oxygens (including phenoxy) is 2. The summed E-state index contributed by atoms with van der Waals surface area (Å²) in [6.07, 6.45) is -1.16. The molecule has 0 fully saturated rings. The summed E-state index contributed by atoms with van der Waals surface area (Å²) in [4.78, 5) is 21.7. The number of anilines is 1. The number of carbonyl (C=O) groups is 2. The lowest BCUT2D eigenvalue weighted by Crippen LogP contribution is -2.35. The van der Waals surface area contributed by atoms with E-state index in [1.165, 1.54) is 19.2 Å². The lowest BCUT2D eigenvalue weighted by molar-refractivity contribution is 0.0693. The van der Waals surface area contributed by atoms with Crippen LogP contribution in [0.4, 0.5) is 10.5 Å². The zero-order chi connectivity index (χ0) is 15.3. The predicted octanol–water partition coefficient (Wildman–Crippen LogP) is 0.406. The molecule has 1 aromatic rings. The molecule has 20 heavy (non-hydrogen) atoms. The van der Waals surface area contributed by atoms with Crippen molar-refractivity contribution in [3.8, 4) is 5.75 Å².